The van der Waals surface area contributed by atoms with Crippen LogP contribution in [-0.4, -0.2) is 55.6 Å². The van der Waals surface area contributed by atoms with Gasteiger partial charge in [-0.25, -0.2) is 4.79 Å². The van der Waals surface area contributed by atoms with Crippen LogP contribution in [0.5, 0.6) is 0 Å². The molecule has 1 fully saturated rings. The summed E-state index contributed by atoms with van der Waals surface area (Å²) in [5.74, 6) is -2.07. The van der Waals surface area contributed by atoms with Crippen molar-refractivity contribution < 1.29 is 23.9 Å². The molecule has 3 N–H and O–H groups in total. The van der Waals surface area contributed by atoms with E-state index in [0.29, 0.717) is 19.4 Å². The number of ketones is 1. The number of benzene rings is 1. The molecule has 0 bridgehead atoms. The Hall–Kier alpha value is -3.23. The molecule has 9 heteroatoms. The van der Waals surface area contributed by atoms with E-state index in [9.17, 15) is 19.2 Å². The van der Waals surface area contributed by atoms with Crippen LogP contribution in [0.4, 0.5) is 4.79 Å². The van der Waals surface area contributed by atoms with E-state index in [0.717, 1.165) is 5.56 Å². The Morgan fingerprint density at radius 3 is 2.74 bits per heavy atom. The van der Waals surface area contributed by atoms with Gasteiger partial charge >= 0.3 is 6.09 Å². The number of carbonyl (C=O) groups is 4. The zero-order valence-electron chi connectivity index (χ0n) is 14.8. The standard InChI is InChI=1S/C18H22N4O5/c1-19-10-14(22-18(26)27-11-12-6-3-2-4-7-12)16(24)21-13-8-5-9-20-17(25)15(13)23/h2-4,6-7,13-14H,1,5,8-11H2,(H,20,25)(H,21,24)(H,22,26). The van der Waals surface area contributed by atoms with Gasteiger partial charge in [-0.3, -0.25) is 19.4 Å². The summed E-state index contributed by atoms with van der Waals surface area (Å²) in [6.07, 6.45) is 0.0857. The number of hydrogen-bond donors (Lipinski definition) is 3. The van der Waals surface area contributed by atoms with E-state index < -0.39 is 35.8 Å². The Kier molecular flexibility index (Phi) is 7.48. The van der Waals surface area contributed by atoms with Crippen LogP contribution in [0.25, 0.3) is 0 Å². The van der Waals surface area contributed by atoms with Crippen molar-refractivity contribution in [3.8, 4) is 0 Å². The molecule has 9 nitrogen and oxygen atoms in total. The third kappa shape index (κ3) is 6.21. The van der Waals surface area contributed by atoms with Crippen molar-refractivity contribution in [2.45, 2.75) is 31.5 Å². The summed E-state index contributed by atoms with van der Waals surface area (Å²) < 4.78 is 5.08. The molecule has 144 valence electrons. The van der Waals surface area contributed by atoms with Crippen LogP contribution in [0, 0.1) is 0 Å². The van der Waals surface area contributed by atoms with Crippen molar-refractivity contribution in [2.75, 3.05) is 13.1 Å². The average molecular weight is 374 g/mol. The van der Waals surface area contributed by atoms with Crippen LogP contribution in [0.1, 0.15) is 18.4 Å². The molecule has 1 heterocycles. The smallest absolute Gasteiger partial charge is 0.408 e. The minimum Gasteiger partial charge on any atom is -0.445 e. The van der Waals surface area contributed by atoms with E-state index in [2.05, 4.69) is 27.7 Å². The SMILES string of the molecule is C=NCC(NC(=O)OCc1ccccc1)C(=O)NC1CCCNC(=O)C1=O. The zero-order chi connectivity index (χ0) is 19.6. The lowest BCUT2D eigenvalue weighted by Crippen LogP contribution is -2.54. The largest absolute Gasteiger partial charge is 0.445 e. The number of nitrogens with one attached hydrogen (secondary N) is 3. The number of rotatable bonds is 7. The first kappa shape index (κ1) is 20.1. The van der Waals surface area contributed by atoms with Gasteiger partial charge in [-0.2, -0.15) is 0 Å². The molecule has 0 aliphatic carbocycles. The van der Waals surface area contributed by atoms with Gasteiger partial charge in [0, 0.05) is 6.54 Å². The van der Waals surface area contributed by atoms with Gasteiger partial charge in [0.1, 0.15) is 12.6 Å². The van der Waals surface area contributed by atoms with Crippen molar-refractivity contribution in [1.82, 2.24) is 16.0 Å². The Morgan fingerprint density at radius 2 is 2.04 bits per heavy atom. The van der Waals surface area contributed by atoms with Crippen LogP contribution in [0.3, 0.4) is 0 Å². The molecule has 2 rings (SSSR count). The summed E-state index contributed by atoms with van der Waals surface area (Å²) in [6.45, 7) is 3.64. The van der Waals surface area contributed by atoms with Crippen molar-refractivity contribution in [2.24, 2.45) is 4.99 Å². The maximum absolute atomic E-state index is 12.4. The lowest BCUT2D eigenvalue weighted by Gasteiger charge is -2.20. The Morgan fingerprint density at radius 1 is 1.30 bits per heavy atom. The van der Waals surface area contributed by atoms with Crippen molar-refractivity contribution in [3.05, 3.63) is 35.9 Å². The Bertz CT molecular complexity index is 707. The molecule has 3 amide bonds. The summed E-state index contributed by atoms with van der Waals surface area (Å²) in [6, 6.07) is 7.06. The normalized spacial score (nSPS) is 17.9. The highest BCUT2D eigenvalue weighted by molar-refractivity contribution is 6.38. The lowest BCUT2D eigenvalue weighted by molar-refractivity contribution is -0.139. The number of hydrogen-bond acceptors (Lipinski definition) is 6. The van der Waals surface area contributed by atoms with E-state index in [1.807, 2.05) is 18.2 Å². The van der Waals surface area contributed by atoms with Gasteiger partial charge in [-0.1, -0.05) is 30.3 Å². The predicted molar refractivity (Wildman–Crippen MR) is 97.1 cm³/mol. The summed E-state index contributed by atoms with van der Waals surface area (Å²) >= 11 is 0. The second kappa shape index (κ2) is 10.0. The van der Waals surface area contributed by atoms with Gasteiger partial charge in [0.25, 0.3) is 5.91 Å². The number of aliphatic imine (C=N–C) groups is 1. The molecule has 2 atom stereocenters. The zero-order valence-corrected chi connectivity index (χ0v) is 14.8. The van der Waals surface area contributed by atoms with Gasteiger partial charge in [-0.15, -0.1) is 0 Å². The molecule has 2 unspecified atom stereocenters. The number of alkyl carbamates (subject to hydrolysis) is 1. The Balaban J connectivity index is 1.91. The molecule has 1 aromatic carbocycles. The minimum atomic E-state index is -1.06. The van der Waals surface area contributed by atoms with E-state index in [1.165, 1.54) is 0 Å². The van der Waals surface area contributed by atoms with Gasteiger partial charge in [-0.05, 0) is 25.1 Å². The van der Waals surface area contributed by atoms with E-state index >= 15 is 0 Å². The van der Waals surface area contributed by atoms with Crippen LogP contribution in [-0.2, 0) is 25.7 Å². The minimum absolute atomic E-state index is 0.0454. The summed E-state index contributed by atoms with van der Waals surface area (Å²) in [4.78, 5) is 51.6. The van der Waals surface area contributed by atoms with E-state index in [4.69, 9.17) is 4.74 Å². The fourth-order valence-electron chi connectivity index (χ4n) is 2.52. The maximum atomic E-state index is 12.4. The molecular weight excluding hydrogens is 352 g/mol. The second-order valence-electron chi connectivity index (χ2n) is 5.99. The third-order valence-electron chi connectivity index (χ3n) is 3.94. The van der Waals surface area contributed by atoms with Gasteiger partial charge in [0.05, 0.1) is 12.6 Å². The average Bonchev–Trinajstić information content (AvgIpc) is 2.82. The molecule has 0 radical (unpaired) electrons. The molecule has 1 aliphatic heterocycles. The third-order valence-corrected chi connectivity index (χ3v) is 3.94. The highest BCUT2D eigenvalue weighted by atomic mass is 16.5. The maximum Gasteiger partial charge on any atom is 0.408 e. The van der Waals surface area contributed by atoms with E-state index in [1.54, 1.807) is 12.1 Å². The van der Waals surface area contributed by atoms with Gasteiger partial charge in [0.2, 0.25) is 11.7 Å². The number of carbonyl (C=O) groups excluding carboxylic acids is 4. The summed E-state index contributed by atoms with van der Waals surface area (Å²) in [5.41, 5.74) is 0.797. The Labute approximate surface area is 156 Å². The predicted octanol–water partition coefficient (Wildman–Crippen LogP) is -0.0541. The summed E-state index contributed by atoms with van der Waals surface area (Å²) in [7, 11) is 0. The number of nitrogens with zero attached hydrogens (tertiary/aromatic N) is 1. The summed E-state index contributed by atoms with van der Waals surface area (Å²) in [5, 5.41) is 7.35. The van der Waals surface area contributed by atoms with Crippen LogP contribution in [0.2, 0.25) is 0 Å². The fourth-order valence-corrected chi connectivity index (χ4v) is 2.52. The van der Waals surface area contributed by atoms with Gasteiger partial charge < -0.3 is 20.7 Å². The van der Waals surface area contributed by atoms with Crippen molar-refractivity contribution in [1.29, 1.82) is 0 Å². The number of Topliss-reactive ketones (excluding diaryl/α,β-unsaturated/α-hetero) is 1. The van der Waals surface area contributed by atoms with Crippen molar-refractivity contribution >= 4 is 30.4 Å². The fraction of sp³-hybridized carbons (Fsp3) is 0.389. The van der Waals surface area contributed by atoms with Crippen LogP contribution in [0.15, 0.2) is 35.3 Å². The van der Waals surface area contributed by atoms with E-state index in [-0.39, 0.29) is 13.2 Å². The number of ether oxygens (including phenoxy) is 1. The second-order valence-corrected chi connectivity index (χ2v) is 5.99. The van der Waals surface area contributed by atoms with Crippen molar-refractivity contribution in [3.63, 3.8) is 0 Å². The highest BCUT2D eigenvalue weighted by Crippen LogP contribution is 2.04. The van der Waals surface area contributed by atoms with Crippen LogP contribution < -0.4 is 16.0 Å². The molecule has 1 aliphatic rings. The van der Waals surface area contributed by atoms with Gasteiger partial charge in [0.15, 0.2) is 0 Å². The molecule has 1 saturated heterocycles. The topological polar surface area (TPSA) is 126 Å². The number of amides is 3. The molecule has 27 heavy (non-hydrogen) atoms. The highest BCUT2D eigenvalue weighted by Gasteiger charge is 2.31. The lowest BCUT2D eigenvalue weighted by atomic mass is 10.1. The molecule has 1 aromatic rings. The van der Waals surface area contributed by atoms with Crippen LogP contribution >= 0.6 is 0 Å². The molecule has 0 saturated carbocycles. The molecule has 0 aromatic heterocycles. The molecular formula is C18H22N4O5. The monoisotopic (exact) mass is 374 g/mol. The first-order valence-electron chi connectivity index (χ1n) is 8.53. The first-order chi connectivity index (χ1) is 13.0. The molecule has 0 spiro atoms. The quantitative estimate of drug-likeness (QED) is 0.456. The first-order valence-corrected chi connectivity index (χ1v) is 8.53.